The van der Waals surface area contributed by atoms with Crippen molar-refractivity contribution in [3.05, 3.63) is 23.8 Å². The normalized spacial score (nSPS) is 13.5. The Morgan fingerprint density at radius 2 is 2.05 bits per heavy atom. The first-order valence-corrected chi connectivity index (χ1v) is 5.88. The average molecular weight is 269 g/mol. The number of aliphatic hydroxyl groups excluding tert-OH is 1. The highest BCUT2D eigenvalue weighted by atomic mass is 16.5. The van der Waals surface area contributed by atoms with Crippen LogP contribution in [0.2, 0.25) is 0 Å². The minimum absolute atomic E-state index is 0.203. The summed E-state index contributed by atoms with van der Waals surface area (Å²) in [5.74, 6) is 0.132. The van der Waals surface area contributed by atoms with E-state index in [2.05, 4.69) is 0 Å². The number of para-hydroxylation sites is 1. The third-order valence-electron chi connectivity index (χ3n) is 2.65. The van der Waals surface area contributed by atoms with Crippen molar-refractivity contribution in [3.63, 3.8) is 0 Å². The lowest BCUT2D eigenvalue weighted by molar-refractivity contribution is -0.147. The monoisotopic (exact) mass is 269 g/mol. The van der Waals surface area contributed by atoms with E-state index in [1.807, 2.05) is 0 Å². The number of nitrogens with two attached hydrogens (primary N) is 1. The molecule has 0 spiro atoms. The SMILES string of the molecule is CCOC(=O)C(N)C(O)c1cccc(OC)c1OC. The quantitative estimate of drug-likeness (QED) is 0.736. The summed E-state index contributed by atoms with van der Waals surface area (Å²) >= 11 is 0. The number of esters is 1. The maximum atomic E-state index is 11.5. The van der Waals surface area contributed by atoms with Gasteiger partial charge in [-0.3, -0.25) is 4.79 Å². The molecule has 0 radical (unpaired) electrons. The smallest absolute Gasteiger partial charge is 0.325 e. The van der Waals surface area contributed by atoms with Crippen molar-refractivity contribution >= 4 is 5.97 Å². The maximum absolute atomic E-state index is 11.5. The molecule has 1 rings (SSSR count). The minimum atomic E-state index is -1.23. The van der Waals surface area contributed by atoms with E-state index in [-0.39, 0.29) is 6.61 Å². The summed E-state index contributed by atoms with van der Waals surface area (Å²) in [5.41, 5.74) is 6.05. The van der Waals surface area contributed by atoms with Gasteiger partial charge < -0.3 is 25.1 Å². The van der Waals surface area contributed by atoms with Crippen LogP contribution in [-0.4, -0.2) is 37.9 Å². The van der Waals surface area contributed by atoms with Crippen molar-refractivity contribution in [2.24, 2.45) is 5.73 Å². The minimum Gasteiger partial charge on any atom is -0.493 e. The molecule has 3 N–H and O–H groups in total. The zero-order valence-corrected chi connectivity index (χ0v) is 11.3. The Labute approximate surface area is 112 Å². The molecular weight excluding hydrogens is 250 g/mol. The van der Waals surface area contributed by atoms with Gasteiger partial charge in [0.1, 0.15) is 12.1 Å². The Morgan fingerprint density at radius 3 is 2.58 bits per heavy atom. The molecule has 0 bridgehead atoms. The Morgan fingerprint density at radius 1 is 1.37 bits per heavy atom. The van der Waals surface area contributed by atoms with E-state index in [9.17, 15) is 9.90 Å². The number of methoxy groups -OCH3 is 2. The van der Waals surface area contributed by atoms with E-state index in [0.717, 1.165) is 0 Å². The average Bonchev–Trinajstić information content (AvgIpc) is 2.44. The summed E-state index contributed by atoms with van der Waals surface area (Å²) in [5, 5.41) is 10.2. The lowest BCUT2D eigenvalue weighted by atomic mass is 10.0. The summed E-state index contributed by atoms with van der Waals surface area (Å²) in [6.07, 6.45) is -1.23. The van der Waals surface area contributed by atoms with Crippen LogP contribution in [0.3, 0.4) is 0 Å². The molecule has 2 atom stereocenters. The van der Waals surface area contributed by atoms with Gasteiger partial charge in [0.25, 0.3) is 0 Å². The highest BCUT2D eigenvalue weighted by Crippen LogP contribution is 2.35. The fourth-order valence-corrected chi connectivity index (χ4v) is 1.71. The van der Waals surface area contributed by atoms with Crippen molar-refractivity contribution in [1.82, 2.24) is 0 Å². The third-order valence-corrected chi connectivity index (χ3v) is 2.65. The van der Waals surface area contributed by atoms with Crippen LogP contribution >= 0.6 is 0 Å². The van der Waals surface area contributed by atoms with Crippen molar-refractivity contribution in [3.8, 4) is 11.5 Å². The van der Waals surface area contributed by atoms with Gasteiger partial charge in [0.15, 0.2) is 11.5 Å². The first-order valence-electron chi connectivity index (χ1n) is 5.88. The second-order valence-electron chi connectivity index (χ2n) is 3.81. The molecule has 0 aliphatic rings. The molecule has 1 aromatic carbocycles. The zero-order valence-electron chi connectivity index (χ0n) is 11.3. The Bertz CT molecular complexity index is 435. The maximum Gasteiger partial charge on any atom is 0.325 e. The van der Waals surface area contributed by atoms with Gasteiger partial charge in [-0.1, -0.05) is 12.1 Å². The van der Waals surface area contributed by atoms with Crippen molar-refractivity contribution < 1.29 is 24.1 Å². The van der Waals surface area contributed by atoms with Crippen molar-refractivity contribution in [2.75, 3.05) is 20.8 Å². The first kappa shape index (κ1) is 15.3. The summed E-state index contributed by atoms with van der Waals surface area (Å²) in [7, 11) is 2.93. The number of hydrogen-bond acceptors (Lipinski definition) is 6. The topological polar surface area (TPSA) is 91.0 Å². The Kier molecular flexibility index (Phi) is 5.59. The Hall–Kier alpha value is -1.79. The van der Waals surface area contributed by atoms with Gasteiger partial charge in [-0.25, -0.2) is 0 Å². The molecule has 6 heteroatoms. The van der Waals surface area contributed by atoms with E-state index in [0.29, 0.717) is 17.1 Å². The molecule has 0 saturated heterocycles. The summed E-state index contributed by atoms with van der Waals surface area (Å²) in [6, 6.07) is 3.80. The van der Waals surface area contributed by atoms with E-state index >= 15 is 0 Å². The first-order chi connectivity index (χ1) is 9.06. The summed E-state index contributed by atoms with van der Waals surface area (Å²) in [4.78, 5) is 11.5. The molecule has 0 aliphatic carbocycles. The lowest BCUT2D eigenvalue weighted by Crippen LogP contribution is -2.38. The number of hydrogen-bond donors (Lipinski definition) is 2. The fraction of sp³-hybridized carbons (Fsp3) is 0.462. The molecule has 0 heterocycles. The molecule has 0 saturated carbocycles. The zero-order chi connectivity index (χ0) is 14.4. The number of aliphatic hydroxyl groups is 1. The van der Waals surface area contributed by atoms with Crippen LogP contribution in [0.4, 0.5) is 0 Å². The van der Waals surface area contributed by atoms with Gasteiger partial charge in [-0.15, -0.1) is 0 Å². The standard InChI is InChI=1S/C13H19NO5/c1-4-19-13(16)10(14)11(15)8-6-5-7-9(17-2)12(8)18-3/h5-7,10-11,15H,4,14H2,1-3H3. The van der Waals surface area contributed by atoms with E-state index in [4.69, 9.17) is 19.9 Å². The van der Waals surface area contributed by atoms with Gasteiger partial charge in [-0.2, -0.15) is 0 Å². The van der Waals surface area contributed by atoms with Gasteiger partial charge in [-0.05, 0) is 13.0 Å². The fourth-order valence-electron chi connectivity index (χ4n) is 1.71. The number of rotatable bonds is 6. The van der Waals surface area contributed by atoms with Crippen LogP contribution in [-0.2, 0) is 9.53 Å². The van der Waals surface area contributed by atoms with Crippen molar-refractivity contribution in [2.45, 2.75) is 19.1 Å². The Balaban J connectivity index is 3.05. The number of carbonyl (C=O) groups excluding carboxylic acids is 1. The van der Waals surface area contributed by atoms with E-state index < -0.39 is 18.1 Å². The van der Waals surface area contributed by atoms with Gasteiger partial charge in [0, 0.05) is 5.56 Å². The second kappa shape index (κ2) is 6.96. The van der Waals surface area contributed by atoms with E-state index in [1.54, 1.807) is 25.1 Å². The molecule has 0 aliphatic heterocycles. The molecule has 0 aromatic heterocycles. The number of ether oxygens (including phenoxy) is 3. The molecule has 0 amide bonds. The summed E-state index contributed by atoms with van der Waals surface area (Å²) < 4.78 is 15.1. The van der Waals surface area contributed by atoms with Crippen LogP contribution in [0.25, 0.3) is 0 Å². The largest absolute Gasteiger partial charge is 0.493 e. The molecule has 0 fully saturated rings. The lowest BCUT2D eigenvalue weighted by Gasteiger charge is -2.20. The van der Waals surface area contributed by atoms with Crippen LogP contribution in [0.5, 0.6) is 11.5 Å². The number of carbonyl (C=O) groups is 1. The highest BCUT2D eigenvalue weighted by Gasteiger charge is 2.28. The van der Waals surface area contributed by atoms with Crippen LogP contribution in [0.15, 0.2) is 18.2 Å². The van der Waals surface area contributed by atoms with Crippen LogP contribution in [0, 0.1) is 0 Å². The molecule has 6 nitrogen and oxygen atoms in total. The molecule has 1 aromatic rings. The van der Waals surface area contributed by atoms with Gasteiger partial charge >= 0.3 is 5.97 Å². The predicted molar refractivity (Wildman–Crippen MR) is 69.1 cm³/mol. The van der Waals surface area contributed by atoms with E-state index in [1.165, 1.54) is 14.2 Å². The summed E-state index contributed by atoms with van der Waals surface area (Å²) in [6.45, 7) is 1.87. The van der Waals surface area contributed by atoms with Gasteiger partial charge in [0.05, 0.1) is 20.8 Å². The predicted octanol–water partition coefficient (Wildman–Crippen LogP) is 0.628. The molecule has 2 unspecified atom stereocenters. The van der Waals surface area contributed by atoms with Crippen molar-refractivity contribution in [1.29, 1.82) is 0 Å². The molecule has 106 valence electrons. The third kappa shape index (κ3) is 3.36. The molecule has 19 heavy (non-hydrogen) atoms. The molecular formula is C13H19NO5. The number of benzene rings is 1. The van der Waals surface area contributed by atoms with Gasteiger partial charge in [0.2, 0.25) is 0 Å². The van der Waals surface area contributed by atoms with Crippen LogP contribution < -0.4 is 15.2 Å². The highest BCUT2D eigenvalue weighted by molar-refractivity contribution is 5.76. The second-order valence-corrected chi connectivity index (χ2v) is 3.81. The van der Waals surface area contributed by atoms with Crippen LogP contribution in [0.1, 0.15) is 18.6 Å².